The Bertz CT molecular complexity index is 285. The molecule has 0 radical (unpaired) electrons. The molecule has 0 heterocycles. The molecule has 0 aromatic rings. The summed E-state index contributed by atoms with van der Waals surface area (Å²) in [4.78, 5) is 0. The van der Waals surface area contributed by atoms with Gasteiger partial charge in [0.2, 0.25) is 0 Å². The van der Waals surface area contributed by atoms with Gasteiger partial charge in [0.25, 0.3) is 0 Å². The lowest BCUT2D eigenvalue weighted by molar-refractivity contribution is 0.302. The van der Waals surface area contributed by atoms with Crippen LogP contribution in [0.1, 0.15) is 53.9 Å². The van der Waals surface area contributed by atoms with Crippen molar-refractivity contribution in [2.45, 2.75) is 53.9 Å². The molecule has 0 fully saturated rings. The summed E-state index contributed by atoms with van der Waals surface area (Å²) in [6.07, 6.45) is 7.35. The van der Waals surface area contributed by atoms with Gasteiger partial charge in [-0.3, -0.25) is 0 Å². The van der Waals surface area contributed by atoms with Crippen molar-refractivity contribution in [3.8, 4) is 0 Å². The van der Waals surface area contributed by atoms with Crippen molar-refractivity contribution in [1.82, 2.24) is 0 Å². The van der Waals surface area contributed by atoms with E-state index >= 15 is 0 Å². The van der Waals surface area contributed by atoms with Crippen LogP contribution >= 0.6 is 0 Å². The summed E-state index contributed by atoms with van der Waals surface area (Å²) in [7, 11) is 0. The third-order valence-corrected chi connectivity index (χ3v) is 2.72. The summed E-state index contributed by atoms with van der Waals surface area (Å²) in [6.45, 7) is 10.9. The highest BCUT2D eigenvalue weighted by molar-refractivity contribution is 5.32. The third kappa shape index (κ3) is 6.62. The van der Waals surface area contributed by atoms with Gasteiger partial charge in [-0.1, -0.05) is 23.3 Å². The van der Waals surface area contributed by atoms with Crippen LogP contribution in [0, 0.1) is 0 Å². The highest BCUT2D eigenvalue weighted by atomic mass is 16.2. The summed E-state index contributed by atoms with van der Waals surface area (Å²) < 4.78 is 0. The van der Waals surface area contributed by atoms with Gasteiger partial charge in [-0.15, -0.1) is 0 Å². The van der Waals surface area contributed by atoms with Gasteiger partial charge in [0.1, 0.15) is 0 Å². The molecule has 0 bridgehead atoms. The highest BCUT2D eigenvalue weighted by Gasteiger charge is 2.01. The average molecular weight is 222 g/mol. The Hall–Kier alpha value is -0.820. The zero-order valence-electron chi connectivity index (χ0n) is 11.4. The number of aliphatic hydroxyl groups excluding tert-OH is 1. The van der Waals surface area contributed by atoms with Crippen LogP contribution in [-0.2, 0) is 0 Å². The third-order valence-electron chi connectivity index (χ3n) is 2.72. The number of rotatable bonds is 6. The number of hydrogen-bond acceptors (Lipinski definition) is 1. The normalized spacial score (nSPS) is 11.2. The fourth-order valence-corrected chi connectivity index (χ4v) is 1.52. The first-order chi connectivity index (χ1) is 7.49. The quantitative estimate of drug-likeness (QED) is 0.522. The molecular formula is C15H26O. The minimum atomic E-state index is 0.238. The molecule has 0 aromatic heterocycles. The second-order valence-electron chi connectivity index (χ2n) is 4.69. The Morgan fingerprint density at radius 3 is 2.00 bits per heavy atom. The maximum absolute atomic E-state index is 8.88. The van der Waals surface area contributed by atoms with Gasteiger partial charge in [0.05, 0.1) is 0 Å². The molecule has 92 valence electrons. The lowest BCUT2D eigenvalue weighted by Crippen LogP contribution is -1.91. The summed E-state index contributed by atoms with van der Waals surface area (Å²) in [5.41, 5.74) is 5.49. The second kappa shape index (κ2) is 8.35. The van der Waals surface area contributed by atoms with E-state index in [1.807, 2.05) is 0 Å². The van der Waals surface area contributed by atoms with Gasteiger partial charge in [-0.05, 0) is 65.0 Å². The monoisotopic (exact) mass is 222 g/mol. The Balaban J connectivity index is 4.58. The second-order valence-corrected chi connectivity index (χ2v) is 4.69. The molecule has 0 unspecified atom stereocenters. The minimum absolute atomic E-state index is 0.238. The molecule has 0 saturated heterocycles. The van der Waals surface area contributed by atoms with Crippen LogP contribution in [0.3, 0.4) is 0 Å². The standard InChI is InChI=1S/C15H26O/c1-12(2)8-6-9-15(10-7-11-16)14(5)13(3)4/h8,10,16H,6-7,9,11H2,1-5H3/b15-10-. The molecule has 0 rings (SSSR count). The van der Waals surface area contributed by atoms with Gasteiger partial charge in [-0.2, -0.15) is 0 Å². The lowest BCUT2D eigenvalue weighted by atomic mass is 9.97. The van der Waals surface area contributed by atoms with Crippen molar-refractivity contribution in [2.24, 2.45) is 0 Å². The smallest absolute Gasteiger partial charge is 0.0465 e. The highest BCUT2D eigenvalue weighted by Crippen LogP contribution is 2.20. The molecule has 1 heteroatoms. The van der Waals surface area contributed by atoms with Crippen LogP contribution in [0.5, 0.6) is 0 Å². The number of aliphatic hydroxyl groups is 1. The molecular weight excluding hydrogens is 196 g/mol. The summed E-state index contributed by atoms with van der Waals surface area (Å²) >= 11 is 0. The fraction of sp³-hybridized carbons (Fsp3) is 0.600. The van der Waals surface area contributed by atoms with Crippen molar-refractivity contribution in [3.05, 3.63) is 34.4 Å². The Labute approximate surface area is 101 Å². The number of hydrogen-bond donors (Lipinski definition) is 1. The molecule has 1 nitrogen and oxygen atoms in total. The van der Waals surface area contributed by atoms with Crippen LogP contribution in [-0.4, -0.2) is 11.7 Å². The van der Waals surface area contributed by atoms with Crippen molar-refractivity contribution >= 4 is 0 Å². The molecule has 16 heavy (non-hydrogen) atoms. The van der Waals surface area contributed by atoms with Gasteiger partial charge in [0, 0.05) is 6.61 Å². The van der Waals surface area contributed by atoms with Crippen molar-refractivity contribution in [2.75, 3.05) is 6.61 Å². The molecule has 0 spiro atoms. The van der Waals surface area contributed by atoms with E-state index in [-0.39, 0.29) is 6.61 Å². The Morgan fingerprint density at radius 2 is 1.56 bits per heavy atom. The zero-order chi connectivity index (χ0) is 12.6. The summed E-state index contributed by atoms with van der Waals surface area (Å²) in [5.74, 6) is 0. The van der Waals surface area contributed by atoms with E-state index < -0.39 is 0 Å². The van der Waals surface area contributed by atoms with Crippen LogP contribution < -0.4 is 0 Å². The summed E-state index contributed by atoms with van der Waals surface area (Å²) in [6, 6.07) is 0. The van der Waals surface area contributed by atoms with Crippen molar-refractivity contribution < 1.29 is 5.11 Å². The molecule has 0 aromatic carbocycles. The van der Waals surface area contributed by atoms with Crippen molar-refractivity contribution in [3.63, 3.8) is 0 Å². The van der Waals surface area contributed by atoms with Gasteiger partial charge in [0.15, 0.2) is 0 Å². The SMILES string of the molecule is CC(C)=CCC/C(=C/CCO)C(C)=C(C)C. The lowest BCUT2D eigenvalue weighted by Gasteiger charge is -2.09. The first-order valence-corrected chi connectivity index (χ1v) is 6.06. The minimum Gasteiger partial charge on any atom is -0.396 e. The molecule has 1 N–H and O–H groups in total. The number of allylic oxidation sites excluding steroid dienone is 5. The van der Waals surface area contributed by atoms with E-state index in [4.69, 9.17) is 5.11 Å². The van der Waals surface area contributed by atoms with E-state index in [0.29, 0.717) is 0 Å². The van der Waals surface area contributed by atoms with E-state index in [9.17, 15) is 0 Å². The predicted octanol–water partition coefficient (Wildman–Crippen LogP) is 4.40. The predicted molar refractivity (Wildman–Crippen MR) is 72.5 cm³/mol. The molecule has 0 aliphatic rings. The average Bonchev–Trinajstić information content (AvgIpc) is 2.21. The maximum Gasteiger partial charge on any atom is 0.0465 e. The Morgan fingerprint density at radius 1 is 0.938 bits per heavy atom. The largest absolute Gasteiger partial charge is 0.396 e. The van der Waals surface area contributed by atoms with Gasteiger partial charge >= 0.3 is 0 Å². The molecule has 0 amide bonds. The zero-order valence-corrected chi connectivity index (χ0v) is 11.4. The molecule has 0 aliphatic heterocycles. The fourth-order valence-electron chi connectivity index (χ4n) is 1.52. The van der Waals surface area contributed by atoms with Crippen LogP contribution in [0.25, 0.3) is 0 Å². The van der Waals surface area contributed by atoms with E-state index in [1.165, 1.54) is 22.3 Å². The van der Waals surface area contributed by atoms with Crippen LogP contribution in [0.15, 0.2) is 34.4 Å². The molecule has 0 saturated carbocycles. The van der Waals surface area contributed by atoms with Crippen LogP contribution in [0.2, 0.25) is 0 Å². The first kappa shape index (κ1) is 15.2. The van der Waals surface area contributed by atoms with Crippen molar-refractivity contribution in [1.29, 1.82) is 0 Å². The van der Waals surface area contributed by atoms with E-state index in [1.54, 1.807) is 0 Å². The Kier molecular flexibility index (Phi) is 7.92. The van der Waals surface area contributed by atoms with Gasteiger partial charge in [-0.25, -0.2) is 0 Å². The van der Waals surface area contributed by atoms with E-state index in [2.05, 4.69) is 46.8 Å². The topological polar surface area (TPSA) is 20.2 Å². The van der Waals surface area contributed by atoms with Crippen LogP contribution in [0.4, 0.5) is 0 Å². The first-order valence-electron chi connectivity index (χ1n) is 6.06. The maximum atomic E-state index is 8.88. The molecule has 0 aliphatic carbocycles. The van der Waals surface area contributed by atoms with E-state index in [0.717, 1.165) is 19.3 Å². The summed E-state index contributed by atoms with van der Waals surface area (Å²) in [5, 5.41) is 8.88. The molecule has 0 atom stereocenters. The van der Waals surface area contributed by atoms with Gasteiger partial charge < -0.3 is 5.11 Å².